The number of piperidine rings is 1. The van der Waals surface area contributed by atoms with E-state index in [2.05, 4.69) is 11.2 Å². The lowest BCUT2D eigenvalue weighted by Gasteiger charge is -2.33. The van der Waals surface area contributed by atoms with Gasteiger partial charge in [-0.25, -0.2) is 4.79 Å². The number of likely N-dealkylation sites (tertiary alicyclic amines) is 1. The van der Waals surface area contributed by atoms with Gasteiger partial charge in [0.2, 0.25) is 0 Å². The fraction of sp³-hybridized carbons (Fsp3) is 0.522. The minimum absolute atomic E-state index is 0.226. The molecule has 0 aliphatic carbocycles. The zero-order valence-corrected chi connectivity index (χ0v) is 18.2. The molecule has 30 heavy (non-hydrogen) atoms. The van der Waals surface area contributed by atoms with Crippen molar-refractivity contribution in [1.29, 1.82) is 5.26 Å². The number of carbonyl (C=O) groups is 1. The molecule has 1 amide bonds. The molecule has 0 atom stereocenters. The van der Waals surface area contributed by atoms with Crippen molar-refractivity contribution < 1.29 is 14.3 Å². The highest BCUT2D eigenvalue weighted by atomic mass is 16.6. The third kappa shape index (κ3) is 5.53. The fourth-order valence-electron chi connectivity index (χ4n) is 3.66. The minimum Gasteiger partial charge on any atom is -0.496 e. The van der Waals surface area contributed by atoms with Crippen LogP contribution in [0.4, 0.5) is 4.79 Å². The molecule has 0 bridgehead atoms. The Labute approximate surface area is 178 Å². The van der Waals surface area contributed by atoms with Crippen LogP contribution in [-0.2, 0) is 17.7 Å². The first kappa shape index (κ1) is 21.7. The first-order valence-electron chi connectivity index (χ1n) is 10.3. The predicted molar refractivity (Wildman–Crippen MR) is 114 cm³/mol. The van der Waals surface area contributed by atoms with Crippen molar-refractivity contribution in [3.05, 3.63) is 36.2 Å². The van der Waals surface area contributed by atoms with Crippen molar-refractivity contribution in [1.82, 2.24) is 14.7 Å². The number of ether oxygens (including phenoxy) is 2. The van der Waals surface area contributed by atoms with Crippen LogP contribution in [0.1, 0.15) is 39.2 Å². The van der Waals surface area contributed by atoms with Gasteiger partial charge in [-0.05, 0) is 51.2 Å². The number of aromatic nitrogens is 2. The van der Waals surface area contributed by atoms with Gasteiger partial charge in [0.1, 0.15) is 11.4 Å². The Balaban J connectivity index is 1.58. The van der Waals surface area contributed by atoms with Gasteiger partial charge in [-0.2, -0.15) is 10.4 Å². The second-order valence-corrected chi connectivity index (χ2v) is 8.72. The van der Waals surface area contributed by atoms with Crippen molar-refractivity contribution in [2.45, 2.75) is 52.2 Å². The predicted octanol–water partition coefficient (Wildman–Crippen LogP) is 4.27. The molecule has 1 aliphatic heterocycles. The lowest BCUT2D eigenvalue weighted by Crippen LogP contribution is -2.42. The number of carbonyl (C=O) groups excluding carboxylic acids is 1. The number of amides is 1. The maximum atomic E-state index is 12.2. The van der Waals surface area contributed by atoms with Crippen LogP contribution >= 0.6 is 0 Å². The zero-order valence-electron chi connectivity index (χ0n) is 18.2. The molecule has 1 aliphatic rings. The van der Waals surface area contributed by atoms with E-state index in [0.717, 1.165) is 41.8 Å². The second-order valence-electron chi connectivity index (χ2n) is 8.72. The van der Waals surface area contributed by atoms with E-state index < -0.39 is 5.60 Å². The maximum Gasteiger partial charge on any atom is 0.410 e. The standard InChI is InChI=1S/C23H30N4O3/c1-23(2,3)30-22(28)26-11-8-17(9-12-26)15-27-16-20(14-25-27)19-6-5-18(7-10-24)21(13-19)29-4/h5-6,13-14,16-17H,7-9,11-12,15H2,1-4H3. The smallest absolute Gasteiger partial charge is 0.410 e. The quantitative estimate of drug-likeness (QED) is 0.735. The van der Waals surface area contributed by atoms with E-state index in [1.807, 2.05) is 56.0 Å². The van der Waals surface area contributed by atoms with Crippen molar-refractivity contribution in [2.75, 3.05) is 20.2 Å². The number of nitriles is 1. The van der Waals surface area contributed by atoms with Crippen LogP contribution < -0.4 is 4.74 Å². The van der Waals surface area contributed by atoms with Crippen molar-refractivity contribution in [2.24, 2.45) is 5.92 Å². The van der Waals surface area contributed by atoms with Crippen molar-refractivity contribution in [3.63, 3.8) is 0 Å². The Morgan fingerprint density at radius 3 is 2.63 bits per heavy atom. The Bertz CT molecular complexity index is 915. The van der Waals surface area contributed by atoms with E-state index in [0.29, 0.717) is 25.4 Å². The van der Waals surface area contributed by atoms with E-state index >= 15 is 0 Å². The highest BCUT2D eigenvalue weighted by molar-refractivity contribution is 5.68. The molecule has 0 N–H and O–H groups in total. The zero-order chi connectivity index (χ0) is 21.7. The van der Waals surface area contributed by atoms with Gasteiger partial charge in [0.05, 0.1) is 25.8 Å². The molecule has 2 heterocycles. The number of rotatable bonds is 5. The molecule has 7 heteroatoms. The molecule has 0 unspecified atom stereocenters. The summed E-state index contributed by atoms with van der Waals surface area (Å²) in [6.45, 7) is 7.92. The lowest BCUT2D eigenvalue weighted by atomic mass is 9.97. The second kappa shape index (κ2) is 9.21. The summed E-state index contributed by atoms with van der Waals surface area (Å²) in [4.78, 5) is 14.0. The Morgan fingerprint density at radius 1 is 1.27 bits per heavy atom. The Hall–Kier alpha value is -3.01. The number of benzene rings is 1. The van der Waals surface area contributed by atoms with Crippen molar-refractivity contribution in [3.8, 4) is 22.9 Å². The van der Waals surface area contributed by atoms with E-state index in [9.17, 15) is 4.79 Å². The summed E-state index contributed by atoms with van der Waals surface area (Å²) >= 11 is 0. The largest absolute Gasteiger partial charge is 0.496 e. The van der Waals surface area contributed by atoms with E-state index in [1.165, 1.54) is 0 Å². The number of hydrogen-bond donors (Lipinski definition) is 0. The van der Waals surface area contributed by atoms with E-state index in [-0.39, 0.29) is 6.09 Å². The van der Waals surface area contributed by atoms with Crippen LogP contribution in [-0.4, -0.2) is 46.6 Å². The van der Waals surface area contributed by atoms with Gasteiger partial charge >= 0.3 is 6.09 Å². The Kier molecular flexibility index (Phi) is 6.66. The summed E-state index contributed by atoms with van der Waals surface area (Å²) in [6, 6.07) is 8.04. The van der Waals surface area contributed by atoms with Gasteiger partial charge in [-0.3, -0.25) is 4.68 Å². The molecule has 160 valence electrons. The third-order valence-electron chi connectivity index (χ3n) is 5.23. The average Bonchev–Trinajstić information content (AvgIpc) is 3.16. The van der Waals surface area contributed by atoms with Gasteiger partial charge in [-0.15, -0.1) is 0 Å². The third-order valence-corrected chi connectivity index (χ3v) is 5.23. The lowest BCUT2D eigenvalue weighted by molar-refractivity contribution is 0.0177. The summed E-state index contributed by atoms with van der Waals surface area (Å²) in [5.74, 6) is 1.19. The molecule has 0 saturated carbocycles. The van der Waals surface area contributed by atoms with Gasteiger partial charge in [-0.1, -0.05) is 12.1 Å². The number of methoxy groups -OCH3 is 1. The molecule has 0 radical (unpaired) electrons. The SMILES string of the molecule is COc1cc(-c2cnn(CC3CCN(C(=O)OC(C)(C)C)CC3)c2)ccc1CC#N. The van der Waals surface area contributed by atoms with Crippen LogP contribution in [0.15, 0.2) is 30.6 Å². The van der Waals surface area contributed by atoms with Crippen molar-refractivity contribution >= 4 is 6.09 Å². The minimum atomic E-state index is -0.463. The summed E-state index contributed by atoms with van der Waals surface area (Å²) in [7, 11) is 1.62. The summed E-state index contributed by atoms with van der Waals surface area (Å²) < 4.78 is 12.9. The molecule has 2 aromatic rings. The molecule has 0 spiro atoms. The molecule has 1 fully saturated rings. The van der Waals surface area contributed by atoms with Crippen LogP contribution in [0.5, 0.6) is 5.75 Å². The van der Waals surface area contributed by atoms with Crippen LogP contribution in [0, 0.1) is 17.2 Å². The molecule has 3 rings (SSSR count). The molecule has 1 aromatic carbocycles. The Morgan fingerprint density at radius 2 is 2.00 bits per heavy atom. The summed E-state index contributed by atoms with van der Waals surface area (Å²) in [5.41, 5.74) is 2.45. The summed E-state index contributed by atoms with van der Waals surface area (Å²) in [5, 5.41) is 13.5. The van der Waals surface area contributed by atoms with E-state index in [4.69, 9.17) is 14.7 Å². The topological polar surface area (TPSA) is 80.4 Å². The molecular weight excluding hydrogens is 380 g/mol. The van der Waals surface area contributed by atoms with Gasteiger partial charge in [0.25, 0.3) is 0 Å². The van der Waals surface area contributed by atoms with Crippen LogP contribution in [0.2, 0.25) is 0 Å². The van der Waals surface area contributed by atoms with Gasteiger partial charge in [0, 0.05) is 37.0 Å². The number of nitrogens with zero attached hydrogens (tertiary/aromatic N) is 4. The summed E-state index contributed by atoms with van der Waals surface area (Å²) in [6.07, 6.45) is 5.87. The highest BCUT2D eigenvalue weighted by Gasteiger charge is 2.27. The van der Waals surface area contributed by atoms with Gasteiger partial charge < -0.3 is 14.4 Å². The van der Waals surface area contributed by atoms with Gasteiger partial charge in [0.15, 0.2) is 0 Å². The fourth-order valence-corrected chi connectivity index (χ4v) is 3.66. The highest BCUT2D eigenvalue weighted by Crippen LogP contribution is 2.28. The van der Waals surface area contributed by atoms with Crippen LogP contribution in [0.25, 0.3) is 11.1 Å². The molecule has 7 nitrogen and oxygen atoms in total. The van der Waals surface area contributed by atoms with Crippen LogP contribution in [0.3, 0.4) is 0 Å². The average molecular weight is 411 g/mol. The van der Waals surface area contributed by atoms with E-state index in [1.54, 1.807) is 12.0 Å². The first-order chi connectivity index (χ1) is 14.3. The number of hydrogen-bond acceptors (Lipinski definition) is 5. The maximum absolute atomic E-state index is 12.2. The monoisotopic (exact) mass is 410 g/mol. The molecular formula is C23H30N4O3. The normalized spacial score (nSPS) is 15.0. The molecule has 1 aromatic heterocycles. The molecule has 1 saturated heterocycles. The first-order valence-corrected chi connectivity index (χ1v) is 10.3.